The maximum absolute atomic E-state index is 12.9. The van der Waals surface area contributed by atoms with Gasteiger partial charge in [0.1, 0.15) is 13.2 Å². The van der Waals surface area contributed by atoms with Gasteiger partial charge in [0.05, 0.1) is 0 Å². The minimum atomic E-state index is -0.764. The maximum Gasteiger partial charge on any atom is 0.306 e. The van der Waals surface area contributed by atoms with Crippen LogP contribution in [0.5, 0.6) is 0 Å². The van der Waals surface area contributed by atoms with Gasteiger partial charge in [-0.1, -0.05) is 330 Å². The molecule has 0 aliphatic heterocycles. The van der Waals surface area contributed by atoms with Crippen molar-refractivity contribution in [3.63, 3.8) is 0 Å². The summed E-state index contributed by atoms with van der Waals surface area (Å²) in [6, 6.07) is 0. The van der Waals surface area contributed by atoms with Gasteiger partial charge in [-0.2, -0.15) is 0 Å². The largest absolute Gasteiger partial charge is 0.462 e. The molecule has 0 unspecified atom stereocenters. The second-order valence-corrected chi connectivity index (χ2v) is 23.4. The molecule has 0 N–H and O–H groups in total. The first-order chi connectivity index (χ1) is 34.7. The van der Waals surface area contributed by atoms with Crippen molar-refractivity contribution in [1.82, 2.24) is 0 Å². The SMILES string of the molecule is CCCCCCCCCCCCCCCCCCCC(=O)OC[C@@H](COC(=O)CCCCCCCCCCCCCCCCCCCCC(C)C)OC(=O)CCCCCCCCCCCCCCC(C)C. The quantitative estimate of drug-likeness (QED) is 0.0343. The summed E-state index contributed by atoms with van der Waals surface area (Å²) in [5.74, 6) is 0.860. The van der Waals surface area contributed by atoms with Crippen molar-refractivity contribution < 1.29 is 28.6 Å². The summed E-state index contributed by atoms with van der Waals surface area (Å²) in [7, 11) is 0. The Kier molecular flexibility index (Phi) is 56.4. The summed E-state index contributed by atoms with van der Waals surface area (Å²) in [4.78, 5) is 38.3. The summed E-state index contributed by atoms with van der Waals surface area (Å²) < 4.78 is 17.0. The van der Waals surface area contributed by atoms with Crippen LogP contribution in [0.1, 0.15) is 369 Å². The Bertz CT molecular complexity index is 1090. The van der Waals surface area contributed by atoms with Crippen LogP contribution in [0.3, 0.4) is 0 Å². The van der Waals surface area contributed by atoms with Crippen LogP contribution in [0.4, 0.5) is 0 Å². The van der Waals surface area contributed by atoms with E-state index in [2.05, 4.69) is 34.6 Å². The third-order valence-corrected chi connectivity index (χ3v) is 15.0. The Morgan fingerprint density at radius 1 is 0.268 bits per heavy atom. The van der Waals surface area contributed by atoms with Gasteiger partial charge in [0.15, 0.2) is 6.10 Å². The fourth-order valence-corrected chi connectivity index (χ4v) is 10.1. The Morgan fingerprint density at radius 3 is 0.690 bits per heavy atom. The Labute approximate surface area is 444 Å². The molecular weight excluding hydrogens is 877 g/mol. The molecule has 0 aromatic rings. The van der Waals surface area contributed by atoms with Gasteiger partial charge in [0, 0.05) is 19.3 Å². The molecular formula is C65H126O6. The van der Waals surface area contributed by atoms with Crippen molar-refractivity contribution >= 4 is 17.9 Å². The average molecular weight is 1000 g/mol. The number of esters is 3. The van der Waals surface area contributed by atoms with Crippen molar-refractivity contribution in [2.24, 2.45) is 11.8 Å². The van der Waals surface area contributed by atoms with Gasteiger partial charge in [0.2, 0.25) is 0 Å². The normalized spacial score (nSPS) is 12.0. The number of hydrogen-bond acceptors (Lipinski definition) is 6. The van der Waals surface area contributed by atoms with Crippen molar-refractivity contribution in [3.05, 3.63) is 0 Å². The second kappa shape index (κ2) is 57.7. The minimum absolute atomic E-state index is 0.0619. The molecule has 71 heavy (non-hydrogen) atoms. The van der Waals surface area contributed by atoms with E-state index in [0.29, 0.717) is 19.3 Å². The second-order valence-electron chi connectivity index (χ2n) is 23.4. The number of rotatable bonds is 59. The molecule has 6 nitrogen and oxygen atoms in total. The molecule has 0 aromatic carbocycles. The average Bonchev–Trinajstić information content (AvgIpc) is 3.35. The van der Waals surface area contributed by atoms with Gasteiger partial charge in [-0.3, -0.25) is 14.4 Å². The smallest absolute Gasteiger partial charge is 0.306 e. The molecule has 0 heterocycles. The van der Waals surface area contributed by atoms with Gasteiger partial charge in [-0.15, -0.1) is 0 Å². The van der Waals surface area contributed by atoms with Crippen LogP contribution in [-0.2, 0) is 28.6 Å². The Hall–Kier alpha value is -1.59. The Morgan fingerprint density at radius 2 is 0.465 bits per heavy atom. The van der Waals surface area contributed by atoms with Crippen LogP contribution >= 0.6 is 0 Å². The molecule has 0 spiro atoms. The highest BCUT2D eigenvalue weighted by molar-refractivity contribution is 5.71. The van der Waals surface area contributed by atoms with Gasteiger partial charge in [-0.25, -0.2) is 0 Å². The Balaban J connectivity index is 4.26. The first kappa shape index (κ1) is 69.4. The zero-order valence-corrected chi connectivity index (χ0v) is 48.9. The fourth-order valence-electron chi connectivity index (χ4n) is 10.1. The standard InChI is InChI=1S/C65H126O6/c1-6-7-8-9-10-11-12-13-14-17-21-24-30-35-40-45-50-55-63(66)69-58-62(71-65(68)57-52-47-42-37-32-27-26-29-34-39-44-49-54-61(4)5)59-70-64(67)56-51-46-41-36-31-25-22-19-16-15-18-20-23-28-33-38-43-48-53-60(2)3/h60-62H,6-59H2,1-5H3/t62-/m0/s1. The lowest BCUT2D eigenvalue weighted by Gasteiger charge is -2.18. The summed E-state index contributed by atoms with van der Waals surface area (Å²) in [6.45, 7) is 11.5. The highest BCUT2D eigenvalue weighted by Crippen LogP contribution is 2.19. The highest BCUT2D eigenvalue weighted by atomic mass is 16.6. The lowest BCUT2D eigenvalue weighted by molar-refractivity contribution is -0.167. The van der Waals surface area contributed by atoms with Crippen molar-refractivity contribution in [2.45, 2.75) is 375 Å². The third kappa shape index (κ3) is 59.2. The van der Waals surface area contributed by atoms with E-state index in [1.165, 1.54) is 257 Å². The molecule has 0 aliphatic rings. The molecule has 0 bridgehead atoms. The van der Waals surface area contributed by atoms with Gasteiger partial charge in [0.25, 0.3) is 0 Å². The van der Waals surface area contributed by atoms with E-state index < -0.39 is 6.10 Å². The van der Waals surface area contributed by atoms with Crippen LogP contribution in [0, 0.1) is 11.8 Å². The fraction of sp³-hybridized carbons (Fsp3) is 0.954. The summed E-state index contributed by atoms with van der Waals surface area (Å²) >= 11 is 0. The molecule has 6 heteroatoms. The number of carbonyl (C=O) groups is 3. The number of unbranched alkanes of at least 4 members (excludes halogenated alkanes) is 44. The minimum Gasteiger partial charge on any atom is -0.462 e. The van der Waals surface area contributed by atoms with Crippen LogP contribution in [-0.4, -0.2) is 37.2 Å². The highest BCUT2D eigenvalue weighted by Gasteiger charge is 2.19. The number of hydrogen-bond donors (Lipinski definition) is 0. The summed E-state index contributed by atoms with van der Waals surface area (Å²) in [5.41, 5.74) is 0. The molecule has 0 rings (SSSR count). The lowest BCUT2D eigenvalue weighted by atomic mass is 10.0. The summed E-state index contributed by atoms with van der Waals surface area (Å²) in [5, 5.41) is 0. The van der Waals surface area contributed by atoms with Gasteiger partial charge < -0.3 is 14.2 Å². The zero-order valence-electron chi connectivity index (χ0n) is 48.9. The molecule has 0 aliphatic carbocycles. The molecule has 0 fully saturated rings. The van der Waals surface area contributed by atoms with Crippen molar-refractivity contribution in [2.75, 3.05) is 13.2 Å². The van der Waals surface area contributed by atoms with Gasteiger partial charge in [-0.05, 0) is 31.1 Å². The van der Waals surface area contributed by atoms with E-state index in [0.717, 1.165) is 69.6 Å². The van der Waals surface area contributed by atoms with Gasteiger partial charge >= 0.3 is 17.9 Å². The van der Waals surface area contributed by atoms with Crippen LogP contribution in [0.25, 0.3) is 0 Å². The van der Waals surface area contributed by atoms with E-state index in [9.17, 15) is 14.4 Å². The first-order valence-electron chi connectivity index (χ1n) is 32.2. The predicted molar refractivity (Wildman–Crippen MR) is 307 cm³/mol. The molecule has 0 amide bonds. The van der Waals surface area contributed by atoms with E-state index in [-0.39, 0.29) is 31.1 Å². The van der Waals surface area contributed by atoms with Crippen molar-refractivity contribution in [3.8, 4) is 0 Å². The lowest BCUT2D eigenvalue weighted by Crippen LogP contribution is -2.30. The molecule has 0 saturated heterocycles. The first-order valence-corrected chi connectivity index (χ1v) is 32.2. The molecule has 0 aromatic heterocycles. The van der Waals surface area contributed by atoms with Crippen LogP contribution < -0.4 is 0 Å². The van der Waals surface area contributed by atoms with E-state index in [4.69, 9.17) is 14.2 Å². The molecule has 0 saturated carbocycles. The van der Waals surface area contributed by atoms with Crippen LogP contribution in [0.2, 0.25) is 0 Å². The number of ether oxygens (including phenoxy) is 3. The van der Waals surface area contributed by atoms with Crippen molar-refractivity contribution in [1.29, 1.82) is 0 Å². The predicted octanol–water partition coefficient (Wildman–Crippen LogP) is 21.6. The number of carbonyl (C=O) groups excluding carboxylic acids is 3. The van der Waals surface area contributed by atoms with E-state index >= 15 is 0 Å². The summed E-state index contributed by atoms with van der Waals surface area (Å²) in [6.07, 6.45) is 63.9. The zero-order chi connectivity index (χ0) is 51.8. The van der Waals surface area contributed by atoms with E-state index in [1.807, 2.05) is 0 Å². The van der Waals surface area contributed by atoms with Crippen LogP contribution in [0.15, 0.2) is 0 Å². The third-order valence-electron chi connectivity index (χ3n) is 15.0. The molecule has 0 radical (unpaired) electrons. The molecule has 422 valence electrons. The monoisotopic (exact) mass is 1000 g/mol. The van der Waals surface area contributed by atoms with E-state index in [1.54, 1.807) is 0 Å². The maximum atomic E-state index is 12.9. The molecule has 1 atom stereocenters. The topological polar surface area (TPSA) is 78.9 Å².